The Kier molecular flexibility index (Phi) is 2.76. The predicted molar refractivity (Wildman–Crippen MR) is 74.6 cm³/mol. The molecule has 0 aliphatic carbocycles. The number of para-hydroxylation sites is 1. The Morgan fingerprint density at radius 3 is 2.58 bits per heavy atom. The highest BCUT2D eigenvalue weighted by Crippen LogP contribution is 2.29. The summed E-state index contributed by atoms with van der Waals surface area (Å²) < 4.78 is 5.23. The van der Waals surface area contributed by atoms with Gasteiger partial charge in [0.1, 0.15) is 11.3 Å². The van der Waals surface area contributed by atoms with Crippen molar-refractivity contribution in [2.45, 2.75) is 0 Å². The molecule has 94 valence electrons. The van der Waals surface area contributed by atoms with E-state index < -0.39 is 5.63 Å². The van der Waals surface area contributed by atoms with Crippen LogP contribution in [-0.2, 0) is 0 Å². The minimum atomic E-state index is -0.490. The molecule has 0 radical (unpaired) electrons. The van der Waals surface area contributed by atoms with Crippen LogP contribution >= 0.6 is 11.6 Å². The molecule has 3 aromatic rings. The monoisotopic (exact) mass is 272 g/mol. The van der Waals surface area contributed by atoms with Crippen LogP contribution in [-0.4, -0.2) is 5.11 Å². The van der Waals surface area contributed by atoms with Crippen molar-refractivity contribution < 1.29 is 9.52 Å². The van der Waals surface area contributed by atoms with Gasteiger partial charge < -0.3 is 9.52 Å². The third-order valence-electron chi connectivity index (χ3n) is 2.89. The molecule has 0 unspecified atom stereocenters. The molecule has 0 aliphatic heterocycles. The standard InChI is InChI=1S/C15H9ClO3/c16-10-5-6-14-9(7-10)8-12(15(18)19-14)11-3-1-2-4-13(11)17/h1-8,17H. The number of halogens is 1. The van der Waals surface area contributed by atoms with Crippen LogP contribution in [0.4, 0.5) is 0 Å². The van der Waals surface area contributed by atoms with E-state index in [1.54, 1.807) is 42.5 Å². The number of aromatic hydroxyl groups is 1. The quantitative estimate of drug-likeness (QED) is 0.685. The molecule has 3 rings (SSSR count). The van der Waals surface area contributed by atoms with Crippen LogP contribution in [0.1, 0.15) is 0 Å². The van der Waals surface area contributed by atoms with E-state index in [4.69, 9.17) is 16.0 Å². The molecule has 0 atom stereocenters. The number of hydrogen-bond donors (Lipinski definition) is 1. The molecule has 1 aromatic heterocycles. The van der Waals surface area contributed by atoms with Crippen LogP contribution in [0.15, 0.2) is 57.7 Å². The Hall–Kier alpha value is -2.26. The third kappa shape index (κ3) is 2.09. The molecule has 0 amide bonds. The Bertz CT molecular complexity index is 821. The number of phenols is 1. The van der Waals surface area contributed by atoms with E-state index in [9.17, 15) is 9.90 Å². The van der Waals surface area contributed by atoms with Crippen molar-refractivity contribution in [1.29, 1.82) is 0 Å². The largest absolute Gasteiger partial charge is 0.507 e. The maximum atomic E-state index is 12.0. The normalized spacial score (nSPS) is 10.8. The van der Waals surface area contributed by atoms with Gasteiger partial charge in [-0.2, -0.15) is 0 Å². The minimum absolute atomic E-state index is 0.0381. The summed E-state index contributed by atoms with van der Waals surface area (Å²) in [6, 6.07) is 13.3. The van der Waals surface area contributed by atoms with E-state index in [1.165, 1.54) is 6.07 Å². The number of rotatable bonds is 1. The van der Waals surface area contributed by atoms with Crippen LogP contribution < -0.4 is 5.63 Å². The van der Waals surface area contributed by atoms with Crippen molar-refractivity contribution in [3.8, 4) is 16.9 Å². The second-order valence-corrected chi connectivity index (χ2v) is 4.58. The fraction of sp³-hybridized carbons (Fsp3) is 0. The first-order valence-corrected chi connectivity index (χ1v) is 6.05. The van der Waals surface area contributed by atoms with Crippen LogP contribution in [0.2, 0.25) is 5.02 Å². The van der Waals surface area contributed by atoms with Crippen molar-refractivity contribution in [3.05, 3.63) is 64.0 Å². The average molecular weight is 273 g/mol. The number of fused-ring (bicyclic) bond motifs is 1. The fourth-order valence-electron chi connectivity index (χ4n) is 1.98. The summed E-state index contributed by atoms with van der Waals surface area (Å²) >= 11 is 5.92. The van der Waals surface area contributed by atoms with E-state index in [0.717, 1.165) is 0 Å². The molecule has 0 fully saturated rings. The summed E-state index contributed by atoms with van der Waals surface area (Å²) in [4.78, 5) is 12.0. The van der Waals surface area contributed by atoms with Crippen molar-refractivity contribution in [2.75, 3.05) is 0 Å². The van der Waals surface area contributed by atoms with E-state index in [0.29, 0.717) is 27.1 Å². The van der Waals surface area contributed by atoms with Crippen molar-refractivity contribution in [3.63, 3.8) is 0 Å². The van der Waals surface area contributed by atoms with Gasteiger partial charge in [0.05, 0.1) is 5.56 Å². The number of hydrogen-bond acceptors (Lipinski definition) is 3. The predicted octanol–water partition coefficient (Wildman–Crippen LogP) is 3.82. The summed E-state index contributed by atoms with van der Waals surface area (Å²) in [6.45, 7) is 0. The highest BCUT2D eigenvalue weighted by atomic mass is 35.5. The van der Waals surface area contributed by atoms with Gasteiger partial charge in [0.15, 0.2) is 0 Å². The lowest BCUT2D eigenvalue weighted by Crippen LogP contribution is -2.02. The fourth-order valence-corrected chi connectivity index (χ4v) is 2.16. The summed E-state index contributed by atoms with van der Waals surface area (Å²) in [5.74, 6) is 0.0381. The van der Waals surface area contributed by atoms with Crippen molar-refractivity contribution >= 4 is 22.6 Å². The van der Waals surface area contributed by atoms with Gasteiger partial charge in [0.2, 0.25) is 0 Å². The highest BCUT2D eigenvalue weighted by molar-refractivity contribution is 6.31. The maximum absolute atomic E-state index is 12.0. The summed E-state index contributed by atoms with van der Waals surface area (Å²) in [7, 11) is 0. The molecule has 2 aromatic carbocycles. The van der Waals surface area contributed by atoms with Gasteiger partial charge >= 0.3 is 5.63 Å². The lowest BCUT2D eigenvalue weighted by molar-refractivity contribution is 0.476. The first-order valence-electron chi connectivity index (χ1n) is 5.67. The first kappa shape index (κ1) is 11.8. The maximum Gasteiger partial charge on any atom is 0.344 e. The summed E-state index contributed by atoms with van der Waals surface area (Å²) in [5, 5.41) is 11.1. The molecule has 0 bridgehead atoms. The molecule has 3 nitrogen and oxygen atoms in total. The smallest absolute Gasteiger partial charge is 0.344 e. The van der Waals surface area contributed by atoms with Crippen LogP contribution in [0.5, 0.6) is 5.75 Å². The number of phenolic OH excluding ortho intramolecular Hbond substituents is 1. The molecule has 4 heteroatoms. The van der Waals surface area contributed by atoms with Gasteiger partial charge in [-0.1, -0.05) is 29.8 Å². The molecule has 0 saturated heterocycles. The summed E-state index contributed by atoms with van der Waals surface area (Å²) in [5.41, 5.74) is 0.732. The van der Waals surface area contributed by atoms with E-state index >= 15 is 0 Å². The van der Waals surface area contributed by atoms with Gasteiger partial charge in [-0.3, -0.25) is 0 Å². The van der Waals surface area contributed by atoms with Crippen LogP contribution in [0.3, 0.4) is 0 Å². The van der Waals surface area contributed by atoms with E-state index in [-0.39, 0.29) is 5.75 Å². The third-order valence-corrected chi connectivity index (χ3v) is 3.12. The van der Waals surface area contributed by atoms with Gasteiger partial charge in [0.25, 0.3) is 0 Å². The second kappa shape index (κ2) is 4.44. The molecule has 1 N–H and O–H groups in total. The average Bonchev–Trinajstić information content (AvgIpc) is 2.39. The van der Waals surface area contributed by atoms with E-state index in [2.05, 4.69) is 0 Å². The van der Waals surface area contributed by atoms with Crippen molar-refractivity contribution in [1.82, 2.24) is 0 Å². The van der Waals surface area contributed by atoms with Gasteiger partial charge in [-0.05, 0) is 30.3 Å². The van der Waals surface area contributed by atoms with Gasteiger partial charge in [-0.25, -0.2) is 4.79 Å². The Morgan fingerprint density at radius 2 is 1.79 bits per heavy atom. The Labute approximate surface area is 113 Å². The molecule has 1 heterocycles. The first-order chi connectivity index (χ1) is 9.15. The Balaban J connectivity index is 2.33. The highest BCUT2D eigenvalue weighted by Gasteiger charge is 2.11. The molecular weight excluding hydrogens is 264 g/mol. The second-order valence-electron chi connectivity index (χ2n) is 4.15. The minimum Gasteiger partial charge on any atom is -0.507 e. The lowest BCUT2D eigenvalue weighted by atomic mass is 10.1. The van der Waals surface area contributed by atoms with Crippen LogP contribution in [0.25, 0.3) is 22.1 Å². The number of benzene rings is 2. The lowest BCUT2D eigenvalue weighted by Gasteiger charge is -2.04. The zero-order valence-electron chi connectivity index (χ0n) is 9.76. The zero-order valence-corrected chi connectivity index (χ0v) is 10.5. The topological polar surface area (TPSA) is 50.4 Å². The molecule has 0 saturated carbocycles. The molecule has 0 aliphatic rings. The zero-order chi connectivity index (χ0) is 13.4. The molecular formula is C15H9ClO3. The van der Waals surface area contributed by atoms with Crippen LogP contribution in [0, 0.1) is 0 Å². The molecule has 0 spiro atoms. The SMILES string of the molecule is O=c1oc2ccc(Cl)cc2cc1-c1ccccc1O. The molecule has 19 heavy (non-hydrogen) atoms. The van der Waals surface area contributed by atoms with Crippen molar-refractivity contribution in [2.24, 2.45) is 0 Å². The van der Waals surface area contributed by atoms with Gasteiger partial charge in [0, 0.05) is 16.0 Å². The van der Waals surface area contributed by atoms with Gasteiger partial charge in [-0.15, -0.1) is 0 Å². The Morgan fingerprint density at radius 1 is 1.00 bits per heavy atom. The summed E-state index contributed by atoms with van der Waals surface area (Å²) in [6.07, 6.45) is 0. The van der Waals surface area contributed by atoms with E-state index in [1.807, 2.05) is 0 Å².